The van der Waals surface area contributed by atoms with Crippen LogP contribution in [0.2, 0.25) is 0 Å². The second-order valence-electron chi connectivity index (χ2n) is 8.14. The van der Waals surface area contributed by atoms with Crippen LogP contribution in [-0.2, 0) is 9.59 Å². The van der Waals surface area contributed by atoms with Gasteiger partial charge in [0.2, 0.25) is 0 Å². The highest BCUT2D eigenvalue weighted by atomic mass is 16.5. The molecule has 1 aliphatic heterocycles. The van der Waals surface area contributed by atoms with E-state index < -0.39 is 5.92 Å². The number of aryl methyl sites for hydroxylation is 1. The molecule has 6 nitrogen and oxygen atoms in total. The molecule has 0 aromatic heterocycles. The zero-order valence-electron chi connectivity index (χ0n) is 18.9. The van der Waals surface area contributed by atoms with Gasteiger partial charge in [0.15, 0.2) is 5.78 Å². The minimum Gasteiger partial charge on any atom is -0.497 e. The van der Waals surface area contributed by atoms with E-state index in [9.17, 15) is 9.59 Å². The third-order valence-corrected chi connectivity index (χ3v) is 6.17. The van der Waals surface area contributed by atoms with Gasteiger partial charge in [0.25, 0.3) is 5.91 Å². The van der Waals surface area contributed by atoms with Gasteiger partial charge in [-0.3, -0.25) is 9.59 Å². The molecule has 2 aromatic carbocycles. The van der Waals surface area contributed by atoms with Crippen molar-refractivity contribution in [3.8, 4) is 11.5 Å². The van der Waals surface area contributed by atoms with Gasteiger partial charge in [0.05, 0.1) is 20.1 Å². The van der Waals surface area contributed by atoms with Gasteiger partial charge in [-0.25, -0.2) is 0 Å². The lowest BCUT2D eigenvalue weighted by Gasteiger charge is -2.35. The molecule has 4 rings (SSSR count). The quantitative estimate of drug-likeness (QED) is 0.721. The molecule has 0 spiro atoms. The average Bonchev–Trinajstić information content (AvgIpc) is 2.79. The van der Waals surface area contributed by atoms with Crippen LogP contribution in [0, 0.1) is 6.92 Å². The van der Waals surface area contributed by atoms with E-state index >= 15 is 0 Å². The fraction of sp³-hybridized carbons (Fsp3) is 0.308. The zero-order valence-corrected chi connectivity index (χ0v) is 18.9. The van der Waals surface area contributed by atoms with Crippen molar-refractivity contribution in [3.63, 3.8) is 0 Å². The summed E-state index contributed by atoms with van der Waals surface area (Å²) in [6.07, 6.45) is 2.05. The van der Waals surface area contributed by atoms with Crippen molar-refractivity contribution >= 4 is 17.4 Å². The summed E-state index contributed by atoms with van der Waals surface area (Å²) in [7, 11) is 3.18. The standard InChI is InChI=1S/C26H28N2O4/c1-15-8-5-6-9-19(15)28-26(30)23-16(2)27-20-10-7-11-21(29)25(20)24(23)18-13-12-17(31-3)14-22(18)32-4/h5-6,8-9,12-14,24,27H,7,10-11H2,1-4H3,(H,28,30)/t24-/m0/s1. The van der Waals surface area contributed by atoms with Crippen LogP contribution in [0.3, 0.4) is 0 Å². The van der Waals surface area contributed by atoms with E-state index in [-0.39, 0.29) is 11.7 Å². The zero-order chi connectivity index (χ0) is 22.8. The van der Waals surface area contributed by atoms with Crippen LogP contribution in [0.1, 0.15) is 43.2 Å². The van der Waals surface area contributed by atoms with Crippen LogP contribution in [0.4, 0.5) is 5.69 Å². The molecular weight excluding hydrogens is 404 g/mol. The number of Topliss-reactive ketones (excluding diaryl/α,β-unsaturated/α-hetero) is 1. The number of carbonyl (C=O) groups is 2. The van der Waals surface area contributed by atoms with Gasteiger partial charge in [-0.1, -0.05) is 24.3 Å². The molecule has 0 saturated carbocycles. The number of ketones is 1. The van der Waals surface area contributed by atoms with Crippen LogP contribution in [0.15, 0.2) is 65.0 Å². The number of hydrogen-bond acceptors (Lipinski definition) is 5. The number of para-hydroxylation sites is 1. The number of ether oxygens (including phenoxy) is 2. The maximum Gasteiger partial charge on any atom is 0.254 e. The van der Waals surface area contributed by atoms with Crippen molar-refractivity contribution in [3.05, 3.63) is 76.1 Å². The summed E-state index contributed by atoms with van der Waals surface area (Å²) in [5, 5.41) is 6.40. The minimum atomic E-state index is -0.524. The summed E-state index contributed by atoms with van der Waals surface area (Å²) < 4.78 is 11.0. The van der Waals surface area contributed by atoms with Crippen molar-refractivity contribution < 1.29 is 19.1 Å². The minimum absolute atomic E-state index is 0.0651. The second-order valence-corrected chi connectivity index (χ2v) is 8.14. The fourth-order valence-electron chi connectivity index (χ4n) is 4.56. The van der Waals surface area contributed by atoms with Gasteiger partial charge >= 0.3 is 0 Å². The first-order valence-corrected chi connectivity index (χ1v) is 10.8. The molecule has 0 radical (unpaired) electrons. The monoisotopic (exact) mass is 432 g/mol. The molecular formula is C26H28N2O4. The molecule has 1 atom stereocenters. The molecule has 1 amide bonds. The van der Waals surface area contributed by atoms with Crippen molar-refractivity contribution in [1.82, 2.24) is 5.32 Å². The van der Waals surface area contributed by atoms with E-state index in [1.165, 1.54) is 0 Å². The predicted octanol–water partition coefficient (Wildman–Crippen LogP) is 4.62. The van der Waals surface area contributed by atoms with Crippen LogP contribution >= 0.6 is 0 Å². The third-order valence-electron chi connectivity index (χ3n) is 6.17. The Morgan fingerprint density at radius 3 is 2.56 bits per heavy atom. The van der Waals surface area contributed by atoms with Crippen molar-refractivity contribution in [2.75, 3.05) is 19.5 Å². The number of hydrogen-bond donors (Lipinski definition) is 2. The number of nitrogens with one attached hydrogen (secondary N) is 2. The normalized spacial score (nSPS) is 18.1. The molecule has 1 heterocycles. The Morgan fingerprint density at radius 2 is 1.84 bits per heavy atom. The number of methoxy groups -OCH3 is 2. The van der Waals surface area contributed by atoms with E-state index in [4.69, 9.17) is 9.47 Å². The summed E-state index contributed by atoms with van der Waals surface area (Å²) in [5.74, 6) is 0.530. The molecule has 0 fully saturated rings. The van der Waals surface area contributed by atoms with Crippen LogP contribution < -0.4 is 20.1 Å². The van der Waals surface area contributed by atoms with E-state index in [1.807, 2.05) is 50.2 Å². The molecule has 2 N–H and O–H groups in total. The highest BCUT2D eigenvalue weighted by Gasteiger charge is 2.39. The van der Waals surface area contributed by atoms with Crippen molar-refractivity contribution in [2.24, 2.45) is 0 Å². The first-order chi connectivity index (χ1) is 15.4. The summed E-state index contributed by atoms with van der Waals surface area (Å²) in [4.78, 5) is 26.7. The first-order valence-electron chi connectivity index (χ1n) is 10.8. The fourth-order valence-corrected chi connectivity index (χ4v) is 4.56. The molecule has 2 aromatic rings. The summed E-state index contributed by atoms with van der Waals surface area (Å²) in [6.45, 7) is 3.84. The van der Waals surface area contributed by atoms with E-state index in [2.05, 4.69) is 10.6 Å². The number of benzene rings is 2. The summed E-state index contributed by atoms with van der Waals surface area (Å²) in [6, 6.07) is 13.1. The number of amides is 1. The Balaban J connectivity index is 1.85. The topological polar surface area (TPSA) is 76.7 Å². The van der Waals surface area contributed by atoms with Gasteiger partial charge in [-0.05, 0) is 44.4 Å². The molecule has 6 heteroatoms. The second kappa shape index (κ2) is 8.91. The first kappa shape index (κ1) is 21.7. The highest BCUT2D eigenvalue weighted by Crippen LogP contribution is 2.46. The Kier molecular flexibility index (Phi) is 6.04. The molecule has 0 bridgehead atoms. The number of anilines is 1. The average molecular weight is 433 g/mol. The van der Waals surface area contributed by atoms with Crippen molar-refractivity contribution in [2.45, 2.75) is 39.0 Å². The lowest BCUT2D eigenvalue weighted by atomic mass is 9.74. The van der Waals surface area contributed by atoms with Crippen molar-refractivity contribution in [1.29, 1.82) is 0 Å². The molecule has 0 saturated heterocycles. The maximum absolute atomic E-state index is 13.6. The number of rotatable bonds is 5. The highest BCUT2D eigenvalue weighted by molar-refractivity contribution is 6.10. The third kappa shape index (κ3) is 3.88. The Morgan fingerprint density at radius 1 is 1.06 bits per heavy atom. The Bertz CT molecular complexity index is 1150. The van der Waals surface area contributed by atoms with Crippen LogP contribution in [-0.4, -0.2) is 25.9 Å². The SMILES string of the molecule is COc1ccc([C@H]2C(C(=O)Nc3ccccc3C)=C(C)NC3=C2C(=O)CCC3)c(OC)c1. The number of carbonyl (C=O) groups excluding carboxylic acids is 2. The largest absolute Gasteiger partial charge is 0.497 e. The predicted molar refractivity (Wildman–Crippen MR) is 124 cm³/mol. The van der Waals surface area contributed by atoms with Gasteiger partial charge in [-0.2, -0.15) is 0 Å². The number of allylic oxidation sites excluding steroid dienone is 3. The smallest absolute Gasteiger partial charge is 0.254 e. The summed E-state index contributed by atoms with van der Waals surface area (Å²) in [5.41, 5.74) is 5.29. The molecule has 32 heavy (non-hydrogen) atoms. The maximum atomic E-state index is 13.6. The lowest BCUT2D eigenvalue weighted by Crippen LogP contribution is -2.35. The Labute approximate surface area is 188 Å². The number of dihydropyridines is 1. The van der Waals surface area contributed by atoms with E-state index in [0.717, 1.165) is 41.1 Å². The molecule has 2 aliphatic rings. The van der Waals surface area contributed by atoms with Gasteiger partial charge in [0, 0.05) is 46.3 Å². The Hall–Kier alpha value is -3.54. The summed E-state index contributed by atoms with van der Waals surface area (Å²) >= 11 is 0. The van der Waals surface area contributed by atoms with E-state index in [1.54, 1.807) is 20.3 Å². The van der Waals surface area contributed by atoms with Crippen LogP contribution in [0.5, 0.6) is 11.5 Å². The van der Waals surface area contributed by atoms with Gasteiger partial charge in [-0.15, -0.1) is 0 Å². The van der Waals surface area contributed by atoms with E-state index in [0.29, 0.717) is 29.1 Å². The molecule has 1 aliphatic carbocycles. The molecule has 166 valence electrons. The van der Waals surface area contributed by atoms with Gasteiger partial charge < -0.3 is 20.1 Å². The lowest BCUT2D eigenvalue weighted by molar-refractivity contribution is -0.116. The molecule has 0 unspecified atom stereocenters. The van der Waals surface area contributed by atoms with Crippen LogP contribution in [0.25, 0.3) is 0 Å². The van der Waals surface area contributed by atoms with Gasteiger partial charge in [0.1, 0.15) is 11.5 Å².